The van der Waals surface area contributed by atoms with E-state index in [4.69, 9.17) is 16.2 Å². The van der Waals surface area contributed by atoms with Gasteiger partial charge in [0.1, 0.15) is 0 Å². The van der Waals surface area contributed by atoms with Gasteiger partial charge in [-0.1, -0.05) is 6.07 Å². The van der Waals surface area contributed by atoms with E-state index in [-0.39, 0.29) is 35.1 Å². The molecule has 0 aliphatic rings. The van der Waals surface area contributed by atoms with Gasteiger partial charge in [-0.2, -0.15) is 0 Å². The molecule has 6 heteroatoms. The Morgan fingerprint density at radius 1 is 1.32 bits per heavy atom. The van der Waals surface area contributed by atoms with Crippen LogP contribution in [0.1, 0.15) is 31.1 Å². The highest BCUT2D eigenvalue weighted by Gasteiger charge is 2.17. The van der Waals surface area contributed by atoms with Crippen LogP contribution < -0.4 is 21.5 Å². The van der Waals surface area contributed by atoms with Crippen LogP contribution in [0.2, 0.25) is 0 Å². The standard InChI is InChI=1S/C13H19N3O3/c1-13(2,3)16-10(17)7-19-11-8(12(15)18)5-4-6-9(11)14/h4-6H,7,14H2,1-3H3,(H2,15,18)(H,16,17). The Morgan fingerprint density at radius 2 is 1.95 bits per heavy atom. The average Bonchev–Trinajstić information content (AvgIpc) is 2.24. The van der Waals surface area contributed by atoms with Gasteiger partial charge in [-0.05, 0) is 32.9 Å². The Morgan fingerprint density at radius 3 is 2.47 bits per heavy atom. The van der Waals surface area contributed by atoms with E-state index >= 15 is 0 Å². The summed E-state index contributed by atoms with van der Waals surface area (Å²) in [6.45, 7) is 5.34. The first kappa shape index (κ1) is 14.8. The molecule has 0 aliphatic heterocycles. The Hall–Kier alpha value is -2.24. The third kappa shape index (κ3) is 4.50. The van der Waals surface area contributed by atoms with Gasteiger partial charge in [0.2, 0.25) is 0 Å². The maximum Gasteiger partial charge on any atom is 0.258 e. The van der Waals surface area contributed by atoms with Crippen molar-refractivity contribution in [2.24, 2.45) is 5.73 Å². The number of amides is 2. The molecule has 1 aromatic carbocycles. The summed E-state index contributed by atoms with van der Waals surface area (Å²) in [6, 6.07) is 4.66. The van der Waals surface area contributed by atoms with Gasteiger partial charge >= 0.3 is 0 Å². The molecule has 1 aromatic rings. The molecule has 0 saturated carbocycles. The predicted molar refractivity (Wildman–Crippen MR) is 72.8 cm³/mol. The molecular weight excluding hydrogens is 246 g/mol. The van der Waals surface area contributed by atoms with Crippen molar-refractivity contribution in [3.8, 4) is 5.75 Å². The van der Waals surface area contributed by atoms with E-state index in [1.165, 1.54) is 6.07 Å². The van der Waals surface area contributed by atoms with Crippen molar-refractivity contribution in [1.82, 2.24) is 5.32 Å². The molecular formula is C13H19N3O3. The number of nitrogens with one attached hydrogen (secondary N) is 1. The first-order valence-electron chi connectivity index (χ1n) is 5.83. The second-order valence-corrected chi connectivity index (χ2v) is 5.18. The Labute approximate surface area is 112 Å². The van der Waals surface area contributed by atoms with E-state index in [1.54, 1.807) is 12.1 Å². The average molecular weight is 265 g/mol. The van der Waals surface area contributed by atoms with Crippen molar-refractivity contribution in [2.45, 2.75) is 26.3 Å². The van der Waals surface area contributed by atoms with Crippen LogP contribution in [0.3, 0.4) is 0 Å². The summed E-state index contributed by atoms with van der Waals surface area (Å²) in [5, 5.41) is 2.74. The van der Waals surface area contributed by atoms with Gasteiger partial charge in [-0.15, -0.1) is 0 Å². The van der Waals surface area contributed by atoms with Crippen LogP contribution in [0.15, 0.2) is 18.2 Å². The fourth-order valence-corrected chi connectivity index (χ4v) is 1.50. The molecule has 5 N–H and O–H groups in total. The molecule has 0 spiro atoms. The molecule has 0 fully saturated rings. The largest absolute Gasteiger partial charge is 0.481 e. The number of rotatable bonds is 4. The number of ether oxygens (including phenoxy) is 1. The fourth-order valence-electron chi connectivity index (χ4n) is 1.50. The number of anilines is 1. The van der Waals surface area contributed by atoms with Gasteiger partial charge in [0, 0.05) is 5.54 Å². The molecule has 0 radical (unpaired) electrons. The summed E-state index contributed by atoms with van der Waals surface area (Å²) in [4.78, 5) is 22.9. The molecule has 0 saturated heterocycles. The third-order valence-corrected chi connectivity index (χ3v) is 2.17. The lowest BCUT2D eigenvalue weighted by atomic mass is 10.1. The highest BCUT2D eigenvalue weighted by atomic mass is 16.5. The zero-order chi connectivity index (χ0) is 14.6. The summed E-state index contributed by atoms with van der Waals surface area (Å²) in [5.74, 6) is -0.816. The zero-order valence-electron chi connectivity index (χ0n) is 11.3. The molecule has 0 atom stereocenters. The van der Waals surface area contributed by atoms with E-state index in [9.17, 15) is 9.59 Å². The van der Waals surface area contributed by atoms with Gasteiger partial charge in [-0.25, -0.2) is 0 Å². The van der Waals surface area contributed by atoms with Crippen LogP contribution in [0, 0.1) is 0 Å². The second-order valence-electron chi connectivity index (χ2n) is 5.18. The van der Waals surface area contributed by atoms with Crippen molar-refractivity contribution >= 4 is 17.5 Å². The summed E-state index contributed by atoms with van der Waals surface area (Å²) < 4.78 is 5.30. The molecule has 0 aliphatic carbocycles. The number of carbonyl (C=O) groups excluding carboxylic acids is 2. The summed E-state index contributed by atoms with van der Waals surface area (Å²) in [7, 11) is 0. The van der Waals surface area contributed by atoms with E-state index in [0.29, 0.717) is 0 Å². The van der Waals surface area contributed by atoms with Crippen LogP contribution in [0.4, 0.5) is 5.69 Å². The lowest BCUT2D eigenvalue weighted by Gasteiger charge is -2.21. The summed E-state index contributed by atoms with van der Waals surface area (Å²) >= 11 is 0. The maximum atomic E-state index is 11.6. The number of benzene rings is 1. The predicted octanol–water partition coefficient (Wildman–Crippen LogP) is 0.661. The van der Waals surface area contributed by atoms with Crippen molar-refractivity contribution in [3.05, 3.63) is 23.8 Å². The van der Waals surface area contributed by atoms with Crippen molar-refractivity contribution < 1.29 is 14.3 Å². The first-order chi connectivity index (χ1) is 8.70. The molecule has 0 heterocycles. The van der Waals surface area contributed by atoms with Crippen LogP contribution >= 0.6 is 0 Å². The Kier molecular flexibility index (Phi) is 4.37. The smallest absolute Gasteiger partial charge is 0.258 e. The van der Waals surface area contributed by atoms with Gasteiger partial charge in [0.15, 0.2) is 12.4 Å². The minimum atomic E-state index is -0.654. The number of hydrogen-bond acceptors (Lipinski definition) is 4. The molecule has 104 valence electrons. The topological polar surface area (TPSA) is 107 Å². The third-order valence-electron chi connectivity index (χ3n) is 2.17. The first-order valence-corrected chi connectivity index (χ1v) is 5.83. The van der Waals surface area contributed by atoms with Crippen molar-refractivity contribution in [2.75, 3.05) is 12.3 Å². The number of hydrogen-bond donors (Lipinski definition) is 3. The summed E-state index contributed by atoms with van der Waals surface area (Å²) in [5.41, 5.74) is 11.0. The normalized spacial score (nSPS) is 10.9. The molecule has 0 unspecified atom stereocenters. The highest BCUT2D eigenvalue weighted by Crippen LogP contribution is 2.25. The van der Waals surface area contributed by atoms with Gasteiger partial charge in [0.25, 0.3) is 11.8 Å². The molecule has 2 amide bonds. The van der Waals surface area contributed by atoms with Crippen molar-refractivity contribution in [1.29, 1.82) is 0 Å². The number of nitrogen functional groups attached to an aromatic ring is 1. The monoisotopic (exact) mass is 265 g/mol. The molecule has 1 rings (SSSR count). The van der Waals surface area contributed by atoms with Crippen LogP contribution in [-0.4, -0.2) is 24.0 Å². The van der Waals surface area contributed by atoms with Gasteiger partial charge in [0.05, 0.1) is 11.3 Å². The Bertz CT molecular complexity index is 492. The van der Waals surface area contributed by atoms with E-state index in [1.807, 2.05) is 20.8 Å². The van der Waals surface area contributed by atoms with Crippen LogP contribution in [0.25, 0.3) is 0 Å². The molecule has 0 aromatic heterocycles. The highest BCUT2D eigenvalue weighted by molar-refractivity contribution is 5.97. The number of primary amides is 1. The maximum absolute atomic E-state index is 11.6. The molecule has 6 nitrogen and oxygen atoms in total. The minimum absolute atomic E-state index is 0.138. The quantitative estimate of drug-likeness (QED) is 0.695. The minimum Gasteiger partial charge on any atom is -0.481 e. The molecule has 19 heavy (non-hydrogen) atoms. The van der Waals surface area contributed by atoms with Gasteiger partial charge < -0.3 is 21.5 Å². The van der Waals surface area contributed by atoms with Crippen LogP contribution in [-0.2, 0) is 4.79 Å². The zero-order valence-corrected chi connectivity index (χ0v) is 11.3. The fraction of sp³-hybridized carbons (Fsp3) is 0.385. The Balaban J connectivity index is 2.78. The SMILES string of the molecule is CC(C)(C)NC(=O)COc1c(N)cccc1C(N)=O. The van der Waals surface area contributed by atoms with E-state index < -0.39 is 5.91 Å². The lowest BCUT2D eigenvalue weighted by Crippen LogP contribution is -2.43. The second kappa shape index (κ2) is 5.60. The number of carbonyl (C=O) groups is 2. The molecule has 0 bridgehead atoms. The summed E-state index contributed by atoms with van der Waals surface area (Å²) in [6.07, 6.45) is 0. The van der Waals surface area contributed by atoms with Crippen molar-refractivity contribution in [3.63, 3.8) is 0 Å². The number of nitrogens with two attached hydrogens (primary N) is 2. The van der Waals surface area contributed by atoms with E-state index in [2.05, 4.69) is 5.32 Å². The number of para-hydroxylation sites is 1. The lowest BCUT2D eigenvalue weighted by molar-refractivity contribution is -0.124. The van der Waals surface area contributed by atoms with Gasteiger partial charge in [-0.3, -0.25) is 9.59 Å². The van der Waals surface area contributed by atoms with Crippen LogP contribution in [0.5, 0.6) is 5.75 Å². The van der Waals surface area contributed by atoms with E-state index in [0.717, 1.165) is 0 Å².